The zero-order valence-electron chi connectivity index (χ0n) is 11.3. The summed E-state index contributed by atoms with van der Waals surface area (Å²) in [7, 11) is -2.60. The Morgan fingerprint density at radius 3 is 2.37 bits per heavy atom. The molecule has 4 nitrogen and oxygen atoms in total. The van der Waals surface area contributed by atoms with Crippen LogP contribution in [0.1, 0.15) is 20.8 Å². The van der Waals surface area contributed by atoms with Gasteiger partial charge < -0.3 is 0 Å². The second-order valence-electron chi connectivity index (χ2n) is 5.29. The van der Waals surface area contributed by atoms with Crippen LogP contribution in [0.15, 0.2) is 27.6 Å². The van der Waals surface area contributed by atoms with Crippen LogP contribution in [0, 0.1) is 11.2 Å². The van der Waals surface area contributed by atoms with Crippen molar-refractivity contribution >= 4 is 26.0 Å². The van der Waals surface area contributed by atoms with E-state index >= 15 is 0 Å². The van der Waals surface area contributed by atoms with Gasteiger partial charge in [0.15, 0.2) is 0 Å². The third-order valence-electron chi connectivity index (χ3n) is 2.26. The highest BCUT2D eigenvalue weighted by Gasteiger charge is 2.29. The first kappa shape index (κ1) is 16.6. The van der Waals surface area contributed by atoms with Gasteiger partial charge in [-0.15, -0.1) is 0 Å². The SMILES string of the molecule is CON(CC(C)(C)C)S(=O)(=O)c1ccc(Br)c(F)c1. The molecule has 7 heteroatoms. The van der Waals surface area contributed by atoms with E-state index in [4.69, 9.17) is 4.84 Å². The van der Waals surface area contributed by atoms with Crippen LogP contribution in [0.3, 0.4) is 0 Å². The average molecular weight is 354 g/mol. The van der Waals surface area contributed by atoms with Crippen molar-refractivity contribution in [3.8, 4) is 0 Å². The van der Waals surface area contributed by atoms with Gasteiger partial charge in [0.25, 0.3) is 10.0 Å². The monoisotopic (exact) mass is 353 g/mol. The maximum absolute atomic E-state index is 13.4. The van der Waals surface area contributed by atoms with Crippen molar-refractivity contribution in [1.29, 1.82) is 0 Å². The highest BCUT2D eigenvalue weighted by molar-refractivity contribution is 9.10. The summed E-state index contributed by atoms with van der Waals surface area (Å²) in [6, 6.07) is 3.65. The molecular formula is C12H17BrFNO3S. The van der Waals surface area contributed by atoms with Crippen molar-refractivity contribution in [2.45, 2.75) is 25.7 Å². The Balaban J connectivity index is 3.17. The van der Waals surface area contributed by atoms with Gasteiger partial charge >= 0.3 is 0 Å². The maximum Gasteiger partial charge on any atom is 0.265 e. The summed E-state index contributed by atoms with van der Waals surface area (Å²) in [6.07, 6.45) is 0. The summed E-state index contributed by atoms with van der Waals surface area (Å²) in [5.74, 6) is -0.632. The number of halogens is 2. The van der Waals surface area contributed by atoms with Gasteiger partial charge in [-0.05, 0) is 39.5 Å². The first-order valence-corrected chi connectivity index (χ1v) is 7.83. The molecule has 0 N–H and O–H groups in total. The van der Waals surface area contributed by atoms with E-state index in [0.717, 1.165) is 10.5 Å². The first-order valence-electron chi connectivity index (χ1n) is 5.60. The molecule has 0 spiro atoms. The smallest absolute Gasteiger partial charge is 0.265 e. The van der Waals surface area contributed by atoms with Crippen LogP contribution in [0.5, 0.6) is 0 Å². The summed E-state index contributed by atoms with van der Waals surface area (Å²) < 4.78 is 39.2. The maximum atomic E-state index is 13.4. The minimum Gasteiger partial charge on any atom is -0.287 e. The molecule has 1 rings (SSSR count). The fourth-order valence-electron chi connectivity index (χ4n) is 1.39. The molecule has 0 saturated carbocycles. The zero-order chi connectivity index (χ0) is 14.8. The second-order valence-corrected chi connectivity index (χ2v) is 7.97. The van der Waals surface area contributed by atoms with E-state index in [1.165, 1.54) is 19.2 Å². The van der Waals surface area contributed by atoms with E-state index in [0.29, 0.717) is 0 Å². The summed E-state index contributed by atoms with van der Waals surface area (Å²) >= 11 is 2.98. The Kier molecular flexibility index (Phi) is 5.11. The Hall–Kier alpha value is -0.500. The molecule has 1 aromatic rings. The molecule has 0 amide bonds. The number of hydroxylamine groups is 1. The van der Waals surface area contributed by atoms with E-state index in [-0.39, 0.29) is 21.3 Å². The Labute approximate surface area is 121 Å². The molecule has 0 bridgehead atoms. The van der Waals surface area contributed by atoms with Crippen LogP contribution in [-0.4, -0.2) is 26.5 Å². The second kappa shape index (κ2) is 5.87. The molecule has 0 aliphatic carbocycles. The van der Waals surface area contributed by atoms with Gasteiger partial charge in [0, 0.05) is 6.54 Å². The Bertz CT molecular complexity index is 555. The lowest BCUT2D eigenvalue weighted by molar-refractivity contribution is -0.0672. The average Bonchev–Trinajstić information content (AvgIpc) is 2.28. The van der Waals surface area contributed by atoms with Crippen LogP contribution < -0.4 is 0 Å². The van der Waals surface area contributed by atoms with Crippen molar-refractivity contribution in [1.82, 2.24) is 4.47 Å². The van der Waals surface area contributed by atoms with Crippen molar-refractivity contribution in [3.05, 3.63) is 28.5 Å². The molecule has 0 saturated heterocycles. The van der Waals surface area contributed by atoms with E-state index in [9.17, 15) is 12.8 Å². The highest BCUT2D eigenvalue weighted by Crippen LogP contribution is 2.25. The van der Waals surface area contributed by atoms with Gasteiger partial charge in [0.1, 0.15) is 5.82 Å². The number of sulfonamides is 1. The topological polar surface area (TPSA) is 46.6 Å². The molecule has 0 aliphatic rings. The van der Waals surface area contributed by atoms with Crippen molar-refractivity contribution < 1.29 is 17.6 Å². The van der Waals surface area contributed by atoms with Gasteiger partial charge in [-0.1, -0.05) is 25.2 Å². The molecule has 0 fully saturated rings. The van der Waals surface area contributed by atoms with E-state index in [2.05, 4.69) is 15.9 Å². The largest absolute Gasteiger partial charge is 0.287 e. The number of benzene rings is 1. The lowest BCUT2D eigenvalue weighted by Gasteiger charge is -2.27. The molecule has 0 aromatic heterocycles. The summed E-state index contributed by atoms with van der Waals surface area (Å²) in [5.41, 5.74) is -0.281. The van der Waals surface area contributed by atoms with Gasteiger partial charge in [0.05, 0.1) is 16.5 Å². The van der Waals surface area contributed by atoms with Gasteiger partial charge in [-0.25, -0.2) is 12.8 Å². The lowest BCUT2D eigenvalue weighted by atomic mass is 9.98. The summed E-state index contributed by atoms with van der Waals surface area (Å²) in [6.45, 7) is 5.83. The van der Waals surface area contributed by atoms with Crippen molar-refractivity contribution in [2.75, 3.05) is 13.7 Å². The van der Waals surface area contributed by atoms with Crippen LogP contribution in [0.25, 0.3) is 0 Å². The molecule has 0 heterocycles. The number of nitrogens with zero attached hydrogens (tertiary/aromatic N) is 1. The summed E-state index contributed by atoms with van der Waals surface area (Å²) in [4.78, 5) is 4.79. The zero-order valence-corrected chi connectivity index (χ0v) is 13.7. The van der Waals surface area contributed by atoms with Crippen LogP contribution in [0.4, 0.5) is 4.39 Å². The standard InChI is InChI=1S/C12H17BrFNO3S/c1-12(2,3)8-15(18-4)19(16,17)9-5-6-10(13)11(14)7-9/h5-7H,8H2,1-4H3. The van der Waals surface area contributed by atoms with Crippen LogP contribution >= 0.6 is 15.9 Å². The highest BCUT2D eigenvalue weighted by atomic mass is 79.9. The van der Waals surface area contributed by atoms with Gasteiger partial charge in [-0.2, -0.15) is 0 Å². The van der Waals surface area contributed by atoms with Gasteiger partial charge in [-0.3, -0.25) is 4.84 Å². The van der Waals surface area contributed by atoms with Crippen LogP contribution in [-0.2, 0) is 14.9 Å². The van der Waals surface area contributed by atoms with Gasteiger partial charge in [0.2, 0.25) is 0 Å². The molecule has 108 valence electrons. The predicted molar refractivity (Wildman–Crippen MR) is 74.5 cm³/mol. The minimum absolute atomic E-state index is 0.140. The third kappa shape index (κ3) is 4.24. The normalized spacial score (nSPS) is 13.0. The van der Waals surface area contributed by atoms with E-state index in [1.54, 1.807) is 0 Å². The predicted octanol–water partition coefficient (Wildman–Crippen LogP) is 3.19. The Morgan fingerprint density at radius 1 is 1.37 bits per heavy atom. The first-order chi connectivity index (χ1) is 8.58. The molecule has 0 unspecified atom stereocenters. The molecule has 1 aromatic carbocycles. The minimum atomic E-state index is -3.87. The fraction of sp³-hybridized carbons (Fsp3) is 0.500. The summed E-state index contributed by atoms with van der Waals surface area (Å²) in [5, 5.41) is 0. The number of rotatable bonds is 4. The molecule has 0 atom stereocenters. The van der Waals surface area contributed by atoms with E-state index in [1.807, 2.05) is 20.8 Å². The third-order valence-corrected chi connectivity index (χ3v) is 4.57. The molecular weight excluding hydrogens is 337 g/mol. The van der Waals surface area contributed by atoms with Crippen molar-refractivity contribution in [2.24, 2.45) is 5.41 Å². The van der Waals surface area contributed by atoms with E-state index < -0.39 is 15.8 Å². The fourth-order valence-corrected chi connectivity index (χ4v) is 3.12. The lowest BCUT2D eigenvalue weighted by Crippen LogP contribution is -2.37. The number of hydrogen-bond donors (Lipinski definition) is 0. The molecule has 0 aliphatic heterocycles. The molecule has 19 heavy (non-hydrogen) atoms. The quantitative estimate of drug-likeness (QED) is 0.781. The number of hydrogen-bond acceptors (Lipinski definition) is 3. The van der Waals surface area contributed by atoms with Crippen LogP contribution in [0.2, 0.25) is 0 Å². The molecule has 0 radical (unpaired) electrons. The van der Waals surface area contributed by atoms with Crippen molar-refractivity contribution in [3.63, 3.8) is 0 Å². The Morgan fingerprint density at radius 2 is 1.95 bits per heavy atom.